The summed E-state index contributed by atoms with van der Waals surface area (Å²) < 4.78 is 26.8. The number of carbonyl (C=O) groups is 2. The van der Waals surface area contributed by atoms with E-state index in [-0.39, 0.29) is 17.1 Å². The van der Waals surface area contributed by atoms with Crippen LogP contribution in [0.5, 0.6) is 17.2 Å². The summed E-state index contributed by atoms with van der Waals surface area (Å²) in [5, 5.41) is 5.86. The van der Waals surface area contributed by atoms with E-state index in [1.165, 1.54) is 32.4 Å². The predicted octanol–water partition coefficient (Wildman–Crippen LogP) is 4.15. The highest BCUT2D eigenvalue weighted by Crippen LogP contribution is 2.40. The molecule has 0 fully saturated rings. The van der Waals surface area contributed by atoms with Crippen LogP contribution in [0.4, 0.5) is 0 Å². The van der Waals surface area contributed by atoms with Crippen molar-refractivity contribution in [2.45, 2.75) is 19.4 Å². The van der Waals surface area contributed by atoms with E-state index >= 15 is 0 Å². The van der Waals surface area contributed by atoms with E-state index in [4.69, 9.17) is 23.4 Å². The van der Waals surface area contributed by atoms with E-state index in [1.54, 1.807) is 24.5 Å². The van der Waals surface area contributed by atoms with E-state index in [0.717, 1.165) is 16.8 Å². The number of rotatable bonds is 8. The Labute approximate surface area is 202 Å². The largest absolute Gasteiger partial charge is 0.493 e. The van der Waals surface area contributed by atoms with Gasteiger partial charge in [-0.25, -0.2) is 9.80 Å². The molecule has 9 heteroatoms. The maximum atomic E-state index is 13.1. The molecule has 4 rings (SSSR count). The molecule has 9 nitrogen and oxygen atoms in total. The van der Waals surface area contributed by atoms with Crippen molar-refractivity contribution in [3.05, 3.63) is 77.2 Å². The van der Waals surface area contributed by atoms with Crippen LogP contribution in [-0.4, -0.2) is 50.5 Å². The number of furan rings is 1. The lowest BCUT2D eigenvalue weighted by Crippen LogP contribution is -2.31. The van der Waals surface area contributed by atoms with Gasteiger partial charge in [-0.2, -0.15) is 5.10 Å². The Bertz CT molecular complexity index is 1230. The Hall–Kier alpha value is -4.27. The summed E-state index contributed by atoms with van der Waals surface area (Å²) in [6, 6.07) is 14.1. The molecule has 0 radical (unpaired) electrons. The van der Waals surface area contributed by atoms with Crippen molar-refractivity contribution in [2.24, 2.45) is 5.10 Å². The van der Waals surface area contributed by atoms with Gasteiger partial charge in [-0.1, -0.05) is 29.8 Å². The van der Waals surface area contributed by atoms with Gasteiger partial charge in [0.25, 0.3) is 5.91 Å². The van der Waals surface area contributed by atoms with Gasteiger partial charge in [-0.05, 0) is 36.8 Å². The van der Waals surface area contributed by atoms with Crippen LogP contribution >= 0.6 is 0 Å². The van der Waals surface area contributed by atoms with E-state index < -0.39 is 24.5 Å². The standard InChI is InChI=1S/C26H26N2O7/c1-16-7-9-17(10-8-16)19-14-20(21-6-5-13-34-21)28(27-19)23(29)15-35-26(30)18-11-12-22(31-2)25(33-4)24(18)32-3/h5-13,20H,14-15H2,1-4H3. The summed E-state index contributed by atoms with van der Waals surface area (Å²) in [6.45, 7) is 1.49. The van der Waals surface area contributed by atoms with Crippen molar-refractivity contribution in [1.82, 2.24) is 5.01 Å². The molecular formula is C26H26N2O7. The summed E-state index contributed by atoms with van der Waals surface area (Å²) >= 11 is 0. The lowest BCUT2D eigenvalue weighted by Gasteiger charge is -2.20. The Morgan fingerprint density at radius 3 is 2.37 bits per heavy atom. The first-order valence-corrected chi connectivity index (χ1v) is 10.9. The third kappa shape index (κ3) is 4.84. The zero-order chi connectivity index (χ0) is 24.9. The molecule has 3 aromatic rings. The first-order chi connectivity index (χ1) is 17.0. The lowest BCUT2D eigenvalue weighted by molar-refractivity contribution is -0.136. The van der Waals surface area contributed by atoms with Crippen LogP contribution in [0.1, 0.15) is 39.7 Å². The van der Waals surface area contributed by atoms with Crippen LogP contribution in [-0.2, 0) is 9.53 Å². The highest BCUT2D eigenvalue weighted by molar-refractivity contribution is 6.03. The number of amides is 1. The number of esters is 1. The number of carbonyl (C=O) groups excluding carboxylic acids is 2. The van der Waals surface area contributed by atoms with Gasteiger partial charge in [0, 0.05) is 6.42 Å². The van der Waals surface area contributed by atoms with Gasteiger partial charge in [-0.3, -0.25) is 4.79 Å². The molecule has 0 aliphatic carbocycles. The van der Waals surface area contributed by atoms with Crippen molar-refractivity contribution in [2.75, 3.05) is 27.9 Å². The van der Waals surface area contributed by atoms with Gasteiger partial charge in [0.05, 0.1) is 33.3 Å². The fraction of sp³-hybridized carbons (Fsp3) is 0.269. The number of hydrogen-bond acceptors (Lipinski definition) is 8. The minimum Gasteiger partial charge on any atom is -0.493 e. The maximum absolute atomic E-state index is 13.1. The zero-order valence-electron chi connectivity index (χ0n) is 19.9. The zero-order valence-corrected chi connectivity index (χ0v) is 19.9. The van der Waals surface area contributed by atoms with Crippen molar-refractivity contribution in [3.63, 3.8) is 0 Å². The van der Waals surface area contributed by atoms with Gasteiger partial charge in [-0.15, -0.1) is 0 Å². The maximum Gasteiger partial charge on any atom is 0.342 e. The second-order valence-electron chi connectivity index (χ2n) is 7.84. The molecule has 1 atom stereocenters. The van der Waals surface area contributed by atoms with Gasteiger partial charge >= 0.3 is 5.97 Å². The summed E-state index contributed by atoms with van der Waals surface area (Å²) in [7, 11) is 4.31. The Morgan fingerprint density at radius 2 is 1.74 bits per heavy atom. The highest BCUT2D eigenvalue weighted by atomic mass is 16.5. The quantitative estimate of drug-likeness (QED) is 0.449. The average molecular weight is 479 g/mol. The fourth-order valence-electron chi connectivity index (χ4n) is 3.90. The molecule has 1 aliphatic heterocycles. The number of hydrazone groups is 1. The summed E-state index contributed by atoms with van der Waals surface area (Å²) in [4.78, 5) is 25.9. The van der Waals surface area contributed by atoms with E-state index in [9.17, 15) is 9.59 Å². The number of methoxy groups -OCH3 is 3. The van der Waals surface area contributed by atoms with Crippen LogP contribution in [0.25, 0.3) is 0 Å². The molecule has 0 N–H and O–H groups in total. The molecule has 35 heavy (non-hydrogen) atoms. The van der Waals surface area contributed by atoms with Crippen LogP contribution in [0, 0.1) is 6.92 Å². The normalized spacial score (nSPS) is 14.9. The minimum absolute atomic E-state index is 0.103. The molecule has 1 aromatic heterocycles. The third-order valence-electron chi connectivity index (χ3n) is 5.67. The van der Waals surface area contributed by atoms with Gasteiger partial charge < -0.3 is 23.4 Å². The predicted molar refractivity (Wildman–Crippen MR) is 127 cm³/mol. The molecule has 0 spiro atoms. The second-order valence-corrected chi connectivity index (χ2v) is 7.84. The number of aryl methyl sites for hydroxylation is 1. The van der Waals surface area contributed by atoms with E-state index in [0.29, 0.717) is 17.9 Å². The molecule has 0 saturated carbocycles. The van der Waals surface area contributed by atoms with Crippen molar-refractivity contribution in [3.8, 4) is 17.2 Å². The topological polar surface area (TPSA) is 99.8 Å². The number of hydrogen-bond donors (Lipinski definition) is 0. The first kappa shape index (κ1) is 23.9. The molecule has 1 aliphatic rings. The molecule has 182 valence electrons. The van der Waals surface area contributed by atoms with Crippen molar-refractivity contribution in [1.29, 1.82) is 0 Å². The Morgan fingerprint density at radius 1 is 1.00 bits per heavy atom. The van der Waals surface area contributed by atoms with Gasteiger partial charge in [0.15, 0.2) is 18.1 Å². The SMILES string of the molecule is COc1ccc(C(=O)OCC(=O)N2N=C(c3ccc(C)cc3)CC2c2ccco2)c(OC)c1OC. The second kappa shape index (κ2) is 10.3. The molecular weight excluding hydrogens is 452 g/mol. The van der Waals surface area contributed by atoms with Crippen LogP contribution in [0.2, 0.25) is 0 Å². The molecule has 2 aromatic carbocycles. The average Bonchev–Trinajstić information content (AvgIpc) is 3.56. The highest BCUT2D eigenvalue weighted by Gasteiger charge is 2.35. The van der Waals surface area contributed by atoms with Gasteiger partial charge in [0.1, 0.15) is 17.4 Å². The Balaban J connectivity index is 1.54. The summed E-state index contributed by atoms with van der Waals surface area (Å²) in [6.07, 6.45) is 2.02. The molecule has 0 saturated heterocycles. The number of ether oxygens (including phenoxy) is 4. The summed E-state index contributed by atoms with van der Waals surface area (Å²) in [5.74, 6) is 0.165. The van der Waals surface area contributed by atoms with Crippen LogP contribution in [0.15, 0.2) is 64.3 Å². The Kier molecular flexibility index (Phi) is 7.05. The molecule has 0 bridgehead atoms. The van der Waals surface area contributed by atoms with E-state index in [2.05, 4.69) is 5.10 Å². The summed E-state index contributed by atoms with van der Waals surface area (Å²) in [5.41, 5.74) is 2.88. The van der Waals surface area contributed by atoms with Gasteiger partial charge in [0.2, 0.25) is 5.75 Å². The fourth-order valence-corrected chi connectivity index (χ4v) is 3.90. The van der Waals surface area contributed by atoms with Crippen molar-refractivity contribution >= 4 is 17.6 Å². The molecule has 1 unspecified atom stereocenters. The van der Waals surface area contributed by atoms with Crippen molar-refractivity contribution < 1.29 is 33.0 Å². The number of nitrogens with zero attached hydrogens (tertiary/aromatic N) is 2. The van der Waals surface area contributed by atoms with E-state index in [1.807, 2.05) is 31.2 Å². The third-order valence-corrected chi connectivity index (χ3v) is 5.67. The smallest absolute Gasteiger partial charge is 0.342 e. The first-order valence-electron chi connectivity index (χ1n) is 10.9. The monoisotopic (exact) mass is 478 g/mol. The van der Waals surface area contributed by atoms with Crippen LogP contribution < -0.4 is 14.2 Å². The lowest BCUT2D eigenvalue weighted by atomic mass is 10.0. The molecule has 2 heterocycles. The van der Waals surface area contributed by atoms with Crippen LogP contribution in [0.3, 0.4) is 0 Å². The minimum atomic E-state index is -0.743. The number of benzene rings is 2. The molecule has 1 amide bonds.